The number of hydrogen-bond donors (Lipinski definition) is 2. The van der Waals surface area contributed by atoms with Gasteiger partial charge in [-0.2, -0.15) is 0 Å². The Balaban J connectivity index is 1.79. The molecule has 1 aliphatic heterocycles. The van der Waals surface area contributed by atoms with E-state index in [1.165, 1.54) is 0 Å². The molecular formula is C15H23N3O3. The molecule has 2 heterocycles. The van der Waals surface area contributed by atoms with Crippen molar-refractivity contribution in [2.75, 3.05) is 38.7 Å². The third-order valence-electron chi connectivity index (χ3n) is 3.37. The average Bonchev–Trinajstić information content (AvgIpc) is 3.03. The second-order valence-corrected chi connectivity index (χ2v) is 5.08. The van der Waals surface area contributed by atoms with Gasteiger partial charge in [-0.25, -0.2) is 0 Å². The smallest absolute Gasteiger partial charge is 0.253 e. The fourth-order valence-electron chi connectivity index (χ4n) is 2.22. The summed E-state index contributed by atoms with van der Waals surface area (Å²) in [5, 5.41) is 6.12. The predicted octanol–water partition coefficient (Wildman–Crippen LogP) is 1.44. The van der Waals surface area contributed by atoms with Crippen molar-refractivity contribution in [3.8, 4) is 0 Å². The maximum atomic E-state index is 12.1. The van der Waals surface area contributed by atoms with Crippen molar-refractivity contribution >= 4 is 11.6 Å². The van der Waals surface area contributed by atoms with Crippen molar-refractivity contribution in [3.63, 3.8) is 0 Å². The summed E-state index contributed by atoms with van der Waals surface area (Å²) in [6.45, 7) is 2.85. The minimum absolute atomic E-state index is 0.112. The number of nitrogens with zero attached hydrogens (tertiary/aromatic N) is 1. The highest BCUT2D eigenvalue weighted by Crippen LogP contribution is 2.12. The van der Waals surface area contributed by atoms with Crippen LogP contribution < -0.4 is 10.6 Å². The van der Waals surface area contributed by atoms with E-state index >= 15 is 0 Å². The minimum Gasteiger partial charge on any atom is -0.385 e. The monoisotopic (exact) mass is 293 g/mol. The Morgan fingerprint density at radius 3 is 3.19 bits per heavy atom. The molecular weight excluding hydrogens is 270 g/mol. The molecule has 6 nitrogen and oxygen atoms in total. The maximum Gasteiger partial charge on any atom is 0.253 e. The van der Waals surface area contributed by atoms with Crippen molar-refractivity contribution in [1.29, 1.82) is 0 Å². The normalized spacial score (nSPS) is 17.7. The van der Waals surface area contributed by atoms with Crippen LogP contribution in [0.3, 0.4) is 0 Å². The summed E-state index contributed by atoms with van der Waals surface area (Å²) in [7, 11) is 1.68. The van der Waals surface area contributed by atoms with E-state index in [4.69, 9.17) is 9.47 Å². The highest BCUT2D eigenvalue weighted by molar-refractivity contribution is 5.94. The van der Waals surface area contributed by atoms with Gasteiger partial charge in [-0.05, 0) is 25.3 Å². The first kappa shape index (κ1) is 15.7. The van der Waals surface area contributed by atoms with Crippen LogP contribution in [0.4, 0.5) is 5.69 Å². The quantitative estimate of drug-likeness (QED) is 0.710. The first-order valence-electron chi connectivity index (χ1n) is 7.37. The lowest BCUT2D eigenvalue weighted by molar-refractivity contribution is 0.0857. The zero-order valence-electron chi connectivity index (χ0n) is 12.4. The summed E-state index contributed by atoms with van der Waals surface area (Å²) >= 11 is 0. The highest BCUT2D eigenvalue weighted by atomic mass is 16.5. The summed E-state index contributed by atoms with van der Waals surface area (Å²) in [5.74, 6) is -0.112. The molecule has 1 aliphatic rings. The first-order valence-corrected chi connectivity index (χ1v) is 7.37. The molecule has 1 saturated heterocycles. The summed E-state index contributed by atoms with van der Waals surface area (Å²) < 4.78 is 10.5. The average molecular weight is 293 g/mol. The molecule has 0 bridgehead atoms. The van der Waals surface area contributed by atoms with Crippen LogP contribution in [0.25, 0.3) is 0 Å². The number of nitrogens with one attached hydrogen (secondary N) is 2. The van der Waals surface area contributed by atoms with E-state index in [0.717, 1.165) is 38.1 Å². The molecule has 2 rings (SSSR count). The van der Waals surface area contributed by atoms with Gasteiger partial charge < -0.3 is 20.1 Å². The summed E-state index contributed by atoms with van der Waals surface area (Å²) in [6.07, 6.45) is 6.43. The number of pyridine rings is 1. The Morgan fingerprint density at radius 1 is 1.52 bits per heavy atom. The predicted molar refractivity (Wildman–Crippen MR) is 80.5 cm³/mol. The third-order valence-corrected chi connectivity index (χ3v) is 3.37. The number of aromatic nitrogens is 1. The van der Waals surface area contributed by atoms with Gasteiger partial charge in [0.2, 0.25) is 0 Å². The van der Waals surface area contributed by atoms with Crippen molar-refractivity contribution < 1.29 is 14.3 Å². The lowest BCUT2D eigenvalue weighted by Crippen LogP contribution is -2.31. The van der Waals surface area contributed by atoms with Gasteiger partial charge in [-0.3, -0.25) is 9.78 Å². The fourth-order valence-corrected chi connectivity index (χ4v) is 2.22. The van der Waals surface area contributed by atoms with Gasteiger partial charge >= 0.3 is 0 Å². The van der Waals surface area contributed by atoms with Gasteiger partial charge in [0, 0.05) is 45.8 Å². The molecule has 1 amide bonds. The molecule has 1 unspecified atom stereocenters. The van der Waals surface area contributed by atoms with E-state index < -0.39 is 0 Å². The molecule has 1 aromatic heterocycles. The summed E-state index contributed by atoms with van der Waals surface area (Å²) in [6, 6.07) is 1.81. The Labute approximate surface area is 125 Å². The Kier molecular flexibility index (Phi) is 6.43. The number of anilines is 1. The number of ether oxygens (including phenoxy) is 2. The molecule has 0 aliphatic carbocycles. The lowest BCUT2D eigenvalue weighted by atomic mass is 10.2. The molecule has 0 saturated carbocycles. The number of carbonyl (C=O) groups is 1. The van der Waals surface area contributed by atoms with Crippen molar-refractivity contribution in [1.82, 2.24) is 10.3 Å². The van der Waals surface area contributed by atoms with Gasteiger partial charge in [0.05, 0.1) is 17.4 Å². The maximum absolute atomic E-state index is 12.1. The van der Waals surface area contributed by atoms with E-state index in [0.29, 0.717) is 18.7 Å². The van der Waals surface area contributed by atoms with Crippen LogP contribution in [0.5, 0.6) is 0 Å². The molecule has 1 aromatic rings. The minimum atomic E-state index is -0.112. The van der Waals surface area contributed by atoms with Crippen molar-refractivity contribution in [2.24, 2.45) is 0 Å². The van der Waals surface area contributed by atoms with Crippen molar-refractivity contribution in [2.45, 2.75) is 25.4 Å². The zero-order valence-corrected chi connectivity index (χ0v) is 12.4. The molecule has 1 fully saturated rings. The third kappa shape index (κ3) is 5.32. The zero-order chi connectivity index (χ0) is 14.9. The Hall–Kier alpha value is -1.66. The molecule has 21 heavy (non-hydrogen) atoms. The number of amides is 1. The molecule has 116 valence electrons. The summed E-state index contributed by atoms with van der Waals surface area (Å²) in [5.41, 5.74) is 1.40. The first-order chi connectivity index (χ1) is 10.3. The number of methoxy groups -OCH3 is 1. The second-order valence-electron chi connectivity index (χ2n) is 5.08. The molecule has 6 heteroatoms. The van der Waals surface area contributed by atoms with Crippen LogP contribution in [0.1, 0.15) is 29.6 Å². The van der Waals surface area contributed by atoms with Gasteiger partial charge in [0.15, 0.2) is 0 Å². The van der Waals surface area contributed by atoms with Gasteiger partial charge in [0.1, 0.15) is 0 Å². The van der Waals surface area contributed by atoms with E-state index in [9.17, 15) is 4.79 Å². The van der Waals surface area contributed by atoms with E-state index in [1.54, 1.807) is 19.5 Å². The van der Waals surface area contributed by atoms with Crippen LogP contribution in [-0.4, -0.2) is 50.4 Å². The van der Waals surface area contributed by atoms with E-state index in [1.807, 2.05) is 6.07 Å². The standard InChI is InChI=1S/C15H23N3O3/c1-20-6-3-5-17-13-8-12(9-16-10-13)15(19)18-11-14-4-2-7-21-14/h8-10,14,17H,2-7,11H2,1H3,(H,18,19). The van der Waals surface area contributed by atoms with E-state index in [-0.39, 0.29) is 12.0 Å². The number of hydrogen-bond acceptors (Lipinski definition) is 5. The lowest BCUT2D eigenvalue weighted by Gasteiger charge is -2.11. The Bertz CT molecular complexity index is 448. The molecule has 2 N–H and O–H groups in total. The second kappa shape index (κ2) is 8.59. The van der Waals surface area contributed by atoms with Crippen LogP contribution in [-0.2, 0) is 9.47 Å². The molecule has 0 spiro atoms. The summed E-state index contributed by atoms with van der Waals surface area (Å²) in [4.78, 5) is 16.2. The molecule has 0 radical (unpaired) electrons. The van der Waals surface area contributed by atoms with Crippen LogP contribution >= 0.6 is 0 Å². The Morgan fingerprint density at radius 2 is 2.43 bits per heavy atom. The topological polar surface area (TPSA) is 72.5 Å². The van der Waals surface area contributed by atoms with Crippen LogP contribution in [0.2, 0.25) is 0 Å². The SMILES string of the molecule is COCCCNc1cncc(C(=O)NCC2CCCO2)c1. The largest absolute Gasteiger partial charge is 0.385 e. The molecule has 0 aromatic carbocycles. The van der Waals surface area contributed by atoms with E-state index in [2.05, 4.69) is 15.6 Å². The van der Waals surface area contributed by atoms with Gasteiger partial charge in [-0.15, -0.1) is 0 Å². The number of carbonyl (C=O) groups excluding carboxylic acids is 1. The van der Waals surface area contributed by atoms with Crippen LogP contribution in [0, 0.1) is 0 Å². The van der Waals surface area contributed by atoms with Gasteiger partial charge in [-0.1, -0.05) is 0 Å². The van der Waals surface area contributed by atoms with Crippen molar-refractivity contribution in [3.05, 3.63) is 24.0 Å². The fraction of sp³-hybridized carbons (Fsp3) is 0.600. The highest BCUT2D eigenvalue weighted by Gasteiger charge is 2.16. The van der Waals surface area contributed by atoms with Crippen LogP contribution in [0.15, 0.2) is 18.5 Å². The molecule has 1 atom stereocenters. The number of rotatable bonds is 8. The van der Waals surface area contributed by atoms with Gasteiger partial charge in [0.25, 0.3) is 5.91 Å².